The first-order chi connectivity index (χ1) is 11.3. The van der Waals surface area contributed by atoms with Gasteiger partial charge in [0.15, 0.2) is 0 Å². The van der Waals surface area contributed by atoms with Gasteiger partial charge in [-0.05, 0) is 38.4 Å². The Morgan fingerprint density at radius 3 is 2.91 bits per heavy atom. The summed E-state index contributed by atoms with van der Waals surface area (Å²) in [5, 5.41) is 4.68. The first-order valence-electron chi connectivity index (χ1n) is 8.76. The van der Waals surface area contributed by atoms with E-state index in [1.54, 1.807) is 0 Å². The molecule has 2 rings (SSSR count). The van der Waals surface area contributed by atoms with E-state index in [0.717, 1.165) is 51.1 Å². The van der Waals surface area contributed by atoms with Crippen LogP contribution in [0.2, 0.25) is 0 Å². The maximum atomic E-state index is 5.62. The fourth-order valence-electron chi connectivity index (χ4n) is 2.81. The first kappa shape index (κ1) is 19.6. The van der Waals surface area contributed by atoms with Crippen LogP contribution in [0, 0.1) is 0 Å². The molecular weight excluding hydrogens is 348 g/mol. The topological polar surface area (TPSA) is 33.7 Å². The summed E-state index contributed by atoms with van der Waals surface area (Å²) in [4.78, 5) is 2.43. The highest BCUT2D eigenvalue weighted by Gasteiger charge is 2.17. The minimum atomic E-state index is 0.460. The number of hydrogen-bond acceptors (Lipinski definition) is 6. The zero-order chi connectivity index (χ0) is 16.3. The third kappa shape index (κ3) is 8.29. The third-order valence-electron chi connectivity index (χ3n) is 4.34. The largest absolute Gasteiger partial charge is 0.471 e. The minimum absolute atomic E-state index is 0.460. The van der Waals surface area contributed by atoms with Gasteiger partial charge in [-0.15, -0.1) is 0 Å². The molecule has 2 aliphatic rings. The molecule has 0 bridgehead atoms. The fourth-order valence-corrected chi connectivity index (χ4v) is 6.00. The summed E-state index contributed by atoms with van der Waals surface area (Å²) in [6.07, 6.45) is 6.41. The monoisotopic (exact) mass is 378 g/mol. The molecule has 2 fully saturated rings. The van der Waals surface area contributed by atoms with Crippen molar-refractivity contribution < 1.29 is 9.47 Å². The van der Waals surface area contributed by atoms with E-state index in [1.165, 1.54) is 31.4 Å². The lowest BCUT2D eigenvalue weighted by atomic mass is 10.1. The van der Waals surface area contributed by atoms with Crippen LogP contribution in [0.4, 0.5) is 0 Å². The second-order valence-electron chi connectivity index (χ2n) is 6.19. The average molecular weight is 379 g/mol. The molecule has 0 aromatic rings. The van der Waals surface area contributed by atoms with Crippen LogP contribution < -0.4 is 5.32 Å². The van der Waals surface area contributed by atoms with Crippen molar-refractivity contribution in [1.29, 1.82) is 0 Å². The van der Waals surface area contributed by atoms with Gasteiger partial charge in [0.2, 0.25) is 0 Å². The number of morpholine rings is 1. The highest BCUT2D eigenvalue weighted by atomic mass is 33.1. The molecule has 2 atom stereocenters. The Morgan fingerprint density at radius 2 is 2.17 bits per heavy atom. The van der Waals surface area contributed by atoms with Gasteiger partial charge < -0.3 is 14.8 Å². The van der Waals surface area contributed by atoms with Crippen LogP contribution >= 0.6 is 33.8 Å². The summed E-state index contributed by atoms with van der Waals surface area (Å²) in [5.41, 5.74) is 0. The van der Waals surface area contributed by atoms with Crippen molar-refractivity contribution in [3.8, 4) is 0 Å². The van der Waals surface area contributed by atoms with Crippen molar-refractivity contribution in [3.63, 3.8) is 0 Å². The summed E-state index contributed by atoms with van der Waals surface area (Å²) in [6.45, 7) is 7.50. The zero-order valence-electron chi connectivity index (χ0n) is 14.1. The Labute approximate surface area is 154 Å². The number of thiocarbonyl (C=S) groups is 1. The maximum Gasteiger partial charge on any atom is 0.256 e. The number of nitrogens with one attached hydrogen (secondary N) is 1. The minimum Gasteiger partial charge on any atom is -0.471 e. The number of ether oxygens (including phenoxy) is 2. The number of rotatable bonds is 9. The first-order valence-corrected chi connectivity index (χ1v) is 11.6. The van der Waals surface area contributed by atoms with E-state index in [0.29, 0.717) is 11.2 Å². The lowest BCUT2D eigenvalue weighted by Crippen LogP contribution is -2.47. The molecule has 2 aliphatic heterocycles. The summed E-state index contributed by atoms with van der Waals surface area (Å²) in [6, 6.07) is 0.460. The maximum absolute atomic E-state index is 5.62. The molecule has 23 heavy (non-hydrogen) atoms. The van der Waals surface area contributed by atoms with Gasteiger partial charge in [0.25, 0.3) is 5.17 Å². The second-order valence-corrected chi connectivity index (χ2v) is 9.35. The fraction of sp³-hybridized carbons (Fsp3) is 0.938. The van der Waals surface area contributed by atoms with Gasteiger partial charge in [0.1, 0.15) is 0 Å². The second kappa shape index (κ2) is 11.8. The lowest BCUT2D eigenvalue weighted by Gasteiger charge is -2.32. The zero-order valence-corrected chi connectivity index (χ0v) is 16.6. The Bertz CT molecular complexity index is 335. The van der Waals surface area contributed by atoms with Gasteiger partial charge in [-0.3, -0.25) is 4.90 Å². The Kier molecular flexibility index (Phi) is 10.1. The van der Waals surface area contributed by atoms with Gasteiger partial charge in [0, 0.05) is 36.7 Å². The molecule has 0 saturated carbocycles. The van der Waals surface area contributed by atoms with Crippen molar-refractivity contribution in [2.24, 2.45) is 0 Å². The molecule has 1 N–H and O–H groups in total. The van der Waals surface area contributed by atoms with Crippen molar-refractivity contribution in [3.05, 3.63) is 0 Å². The van der Waals surface area contributed by atoms with Crippen molar-refractivity contribution in [2.45, 2.75) is 50.3 Å². The summed E-state index contributed by atoms with van der Waals surface area (Å²) >= 11 is 5.26. The Morgan fingerprint density at radius 1 is 1.35 bits per heavy atom. The van der Waals surface area contributed by atoms with Gasteiger partial charge in [-0.1, -0.05) is 34.4 Å². The molecule has 0 aromatic heterocycles. The molecule has 7 heteroatoms. The van der Waals surface area contributed by atoms with Crippen LogP contribution in [0.25, 0.3) is 0 Å². The van der Waals surface area contributed by atoms with Crippen molar-refractivity contribution in [2.75, 3.05) is 45.2 Å². The molecule has 0 spiro atoms. The smallest absolute Gasteiger partial charge is 0.256 e. The van der Waals surface area contributed by atoms with E-state index in [1.807, 2.05) is 10.8 Å². The summed E-state index contributed by atoms with van der Waals surface area (Å²) in [5.74, 6) is 1.33. The highest BCUT2D eigenvalue weighted by molar-refractivity contribution is 8.77. The van der Waals surface area contributed by atoms with E-state index < -0.39 is 0 Å². The number of nitrogens with zero attached hydrogens (tertiary/aromatic N) is 1. The SMILES string of the molecule is CC(CNC(=S)OCCCCCC1CCSS1)N1CCOCC1. The summed E-state index contributed by atoms with van der Waals surface area (Å²) in [7, 11) is 4.10. The predicted molar refractivity (Wildman–Crippen MR) is 105 cm³/mol. The van der Waals surface area contributed by atoms with Crippen LogP contribution in [-0.2, 0) is 9.47 Å². The van der Waals surface area contributed by atoms with Gasteiger partial charge in [-0.25, -0.2) is 0 Å². The van der Waals surface area contributed by atoms with E-state index >= 15 is 0 Å². The quantitative estimate of drug-likeness (QED) is 0.374. The van der Waals surface area contributed by atoms with Crippen LogP contribution in [0.3, 0.4) is 0 Å². The predicted octanol–water partition coefficient (Wildman–Crippen LogP) is 3.31. The molecule has 4 nitrogen and oxygen atoms in total. The third-order valence-corrected chi connectivity index (χ3v) is 7.61. The van der Waals surface area contributed by atoms with Gasteiger partial charge in [0.05, 0.1) is 19.8 Å². The molecule has 0 radical (unpaired) electrons. The molecule has 0 amide bonds. The molecule has 134 valence electrons. The normalized spacial score (nSPS) is 23.6. The number of unbranched alkanes of at least 4 members (excludes halogenated alkanes) is 2. The summed E-state index contributed by atoms with van der Waals surface area (Å²) < 4.78 is 11.0. The molecule has 2 heterocycles. The van der Waals surface area contributed by atoms with Gasteiger partial charge >= 0.3 is 0 Å². The van der Waals surface area contributed by atoms with Crippen LogP contribution in [0.1, 0.15) is 39.0 Å². The Balaban J connectivity index is 1.41. The van der Waals surface area contributed by atoms with Crippen molar-refractivity contribution >= 4 is 39.0 Å². The van der Waals surface area contributed by atoms with Crippen LogP contribution in [0.5, 0.6) is 0 Å². The molecule has 2 unspecified atom stereocenters. The van der Waals surface area contributed by atoms with E-state index in [-0.39, 0.29) is 0 Å². The molecule has 0 aliphatic carbocycles. The molecule has 0 aromatic carbocycles. The van der Waals surface area contributed by atoms with E-state index in [9.17, 15) is 0 Å². The standard InChI is InChI=1S/C16H30N2O2S3/c1-14(18-7-10-19-11-8-18)13-17-16(21)20-9-4-2-3-5-15-6-12-22-23-15/h14-15H,2-13H2,1H3,(H,17,21). The molecule has 2 saturated heterocycles. The number of hydrogen-bond donors (Lipinski definition) is 1. The van der Waals surface area contributed by atoms with Crippen LogP contribution in [-0.4, -0.2) is 66.6 Å². The van der Waals surface area contributed by atoms with Crippen molar-refractivity contribution in [1.82, 2.24) is 10.2 Å². The van der Waals surface area contributed by atoms with Gasteiger partial charge in [-0.2, -0.15) is 0 Å². The Hall–Kier alpha value is 0.310. The average Bonchev–Trinajstić information content (AvgIpc) is 3.10. The van der Waals surface area contributed by atoms with Crippen LogP contribution in [0.15, 0.2) is 0 Å². The highest BCUT2D eigenvalue weighted by Crippen LogP contribution is 2.39. The lowest BCUT2D eigenvalue weighted by molar-refractivity contribution is 0.0210. The molecular formula is C16H30N2O2S3. The van der Waals surface area contributed by atoms with E-state index in [2.05, 4.69) is 27.9 Å². The van der Waals surface area contributed by atoms with E-state index in [4.69, 9.17) is 21.7 Å².